The number of aryl methyl sites for hydroxylation is 1. The van der Waals surface area contributed by atoms with Crippen LogP contribution in [0.25, 0.3) is 0 Å². The van der Waals surface area contributed by atoms with Gasteiger partial charge in [0, 0.05) is 0 Å². The van der Waals surface area contributed by atoms with Crippen molar-refractivity contribution in [2.45, 2.75) is 13.8 Å². The van der Waals surface area contributed by atoms with E-state index in [0.717, 1.165) is 16.9 Å². The van der Waals surface area contributed by atoms with Crippen molar-refractivity contribution in [3.05, 3.63) is 40.0 Å². The molecule has 18 heavy (non-hydrogen) atoms. The van der Waals surface area contributed by atoms with Crippen LogP contribution >= 0.6 is 15.9 Å². The second-order valence-electron chi connectivity index (χ2n) is 3.81. The Morgan fingerprint density at radius 2 is 2.00 bits per heavy atom. The minimum Gasteiger partial charge on any atom is -0.480 e. The number of hydrogen-bond acceptors (Lipinski definition) is 4. The van der Waals surface area contributed by atoms with Crippen LogP contribution < -0.4 is 9.47 Å². The van der Waals surface area contributed by atoms with Crippen LogP contribution in [0.3, 0.4) is 0 Å². The van der Waals surface area contributed by atoms with E-state index >= 15 is 0 Å². The predicted octanol–water partition coefficient (Wildman–Crippen LogP) is 3.66. The van der Waals surface area contributed by atoms with Crippen molar-refractivity contribution >= 4 is 15.9 Å². The Kier molecular flexibility index (Phi) is 3.81. The lowest BCUT2D eigenvalue weighted by atomic mass is 10.1. The highest BCUT2D eigenvalue weighted by molar-refractivity contribution is 9.10. The first-order valence-electron chi connectivity index (χ1n) is 5.42. The maximum atomic E-state index is 5.66. The lowest BCUT2D eigenvalue weighted by Gasteiger charge is -2.09. The predicted molar refractivity (Wildman–Crippen MR) is 72.3 cm³/mol. The lowest BCUT2D eigenvalue weighted by molar-refractivity contribution is 0.373. The molecule has 2 rings (SSSR count). The molecule has 0 radical (unpaired) electrons. The molecule has 0 aliphatic carbocycles. The molecule has 0 unspecified atom stereocenters. The summed E-state index contributed by atoms with van der Waals surface area (Å²) in [5.74, 6) is 1.20. The summed E-state index contributed by atoms with van der Waals surface area (Å²) in [6, 6.07) is 6.13. The number of benzene rings is 1. The van der Waals surface area contributed by atoms with E-state index < -0.39 is 0 Å². The largest absolute Gasteiger partial charge is 0.480 e. The molecule has 2 aromatic rings. The lowest BCUT2D eigenvalue weighted by Crippen LogP contribution is -1.97. The Bertz CT molecular complexity index is 573. The topological polar surface area (TPSA) is 44.2 Å². The maximum absolute atomic E-state index is 5.66. The van der Waals surface area contributed by atoms with Gasteiger partial charge in [-0.3, -0.25) is 0 Å². The van der Waals surface area contributed by atoms with Crippen LogP contribution in [0.1, 0.15) is 11.1 Å². The Labute approximate surface area is 114 Å². The quantitative estimate of drug-likeness (QED) is 0.868. The van der Waals surface area contributed by atoms with E-state index in [9.17, 15) is 0 Å². The van der Waals surface area contributed by atoms with Crippen molar-refractivity contribution in [2.24, 2.45) is 0 Å². The molecule has 0 saturated heterocycles. The molecule has 0 aliphatic heterocycles. The van der Waals surface area contributed by atoms with E-state index in [-0.39, 0.29) is 6.01 Å². The first-order chi connectivity index (χ1) is 8.61. The van der Waals surface area contributed by atoms with Gasteiger partial charge in [-0.15, -0.1) is 0 Å². The molecule has 0 N–H and O–H groups in total. The van der Waals surface area contributed by atoms with Crippen LogP contribution in [0.4, 0.5) is 0 Å². The van der Waals surface area contributed by atoms with Crippen LogP contribution in [-0.4, -0.2) is 17.1 Å². The maximum Gasteiger partial charge on any atom is 0.325 e. The zero-order valence-electron chi connectivity index (χ0n) is 10.4. The summed E-state index contributed by atoms with van der Waals surface area (Å²) in [5, 5.41) is 0. The number of aromatic nitrogens is 2. The second kappa shape index (κ2) is 5.35. The molecule has 5 heteroatoms. The highest BCUT2D eigenvalue weighted by atomic mass is 79.9. The number of hydrogen-bond donors (Lipinski definition) is 0. The van der Waals surface area contributed by atoms with Crippen molar-refractivity contribution in [3.8, 4) is 17.6 Å². The fourth-order valence-corrected chi connectivity index (χ4v) is 1.81. The molecule has 0 fully saturated rings. The molecule has 1 aromatic carbocycles. The molecule has 0 saturated carbocycles. The fraction of sp³-hybridized carbons (Fsp3) is 0.231. The zero-order valence-corrected chi connectivity index (χ0v) is 12.0. The minimum absolute atomic E-state index is 0.267. The molecule has 94 valence electrons. The average Bonchev–Trinajstić information content (AvgIpc) is 2.37. The molecule has 0 atom stereocenters. The van der Waals surface area contributed by atoms with Gasteiger partial charge in [0.2, 0.25) is 5.88 Å². The Balaban J connectivity index is 2.31. The van der Waals surface area contributed by atoms with Gasteiger partial charge >= 0.3 is 6.01 Å². The monoisotopic (exact) mass is 308 g/mol. The third kappa shape index (κ3) is 2.61. The van der Waals surface area contributed by atoms with E-state index in [4.69, 9.17) is 9.47 Å². The normalized spacial score (nSPS) is 10.2. The summed E-state index contributed by atoms with van der Waals surface area (Å²) >= 11 is 3.30. The molecule has 0 aliphatic rings. The summed E-state index contributed by atoms with van der Waals surface area (Å²) in [6.45, 7) is 4.03. The molecule has 0 bridgehead atoms. The molecule has 1 heterocycles. The first-order valence-corrected chi connectivity index (χ1v) is 6.21. The smallest absolute Gasteiger partial charge is 0.325 e. The van der Waals surface area contributed by atoms with Crippen LogP contribution in [0, 0.1) is 13.8 Å². The Morgan fingerprint density at radius 3 is 2.72 bits per heavy atom. The fourth-order valence-electron chi connectivity index (χ4n) is 1.46. The first kappa shape index (κ1) is 12.8. The summed E-state index contributed by atoms with van der Waals surface area (Å²) in [7, 11) is 1.55. The number of ether oxygens (including phenoxy) is 2. The van der Waals surface area contributed by atoms with Gasteiger partial charge in [0.15, 0.2) is 0 Å². The third-order valence-corrected chi connectivity index (χ3v) is 3.18. The summed E-state index contributed by atoms with van der Waals surface area (Å²) < 4.78 is 11.5. The van der Waals surface area contributed by atoms with Gasteiger partial charge < -0.3 is 9.47 Å². The number of halogens is 1. The Hall–Kier alpha value is -1.62. The van der Waals surface area contributed by atoms with E-state index in [1.54, 1.807) is 13.3 Å². The van der Waals surface area contributed by atoms with E-state index in [0.29, 0.717) is 10.4 Å². The SMILES string of the molecule is COc1nc(Oc2cccc(C)c2C)ncc1Br. The van der Waals surface area contributed by atoms with Gasteiger partial charge in [-0.2, -0.15) is 4.98 Å². The van der Waals surface area contributed by atoms with E-state index in [2.05, 4.69) is 25.9 Å². The molecule has 0 spiro atoms. The van der Waals surface area contributed by atoms with Crippen LogP contribution in [0.15, 0.2) is 28.9 Å². The number of rotatable bonds is 3. The van der Waals surface area contributed by atoms with Gasteiger partial charge in [0.1, 0.15) is 5.75 Å². The van der Waals surface area contributed by atoms with Crippen LogP contribution in [0.2, 0.25) is 0 Å². The number of methoxy groups -OCH3 is 1. The summed E-state index contributed by atoms with van der Waals surface area (Å²) in [6.07, 6.45) is 1.60. The molecular weight excluding hydrogens is 296 g/mol. The van der Waals surface area contributed by atoms with E-state index in [1.807, 2.05) is 32.0 Å². The highest BCUT2D eigenvalue weighted by Gasteiger charge is 2.09. The molecular formula is C13H13BrN2O2. The van der Waals surface area contributed by atoms with Gasteiger partial charge in [-0.05, 0) is 47.0 Å². The average molecular weight is 309 g/mol. The highest BCUT2D eigenvalue weighted by Crippen LogP contribution is 2.28. The van der Waals surface area contributed by atoms with Gasteiger partial charge in [-0.25, -0.2) is 4.98 Å². The van der Waals surface area contributed by atoms with Crippen molar-refractivity contribution < 1.29 is 9.47 Å². The number of nitrogens with zero attached hydrogens (tertiary/aromatic N) is 2. The van der Waals surface area contributed by atoms with Crippen molar-refractivity contribution in [3.63, 3.8) is 0 Å². The molecule has 1 aromatic heterocycles. The Morgan fingerprint density at radius 1 is 1.22 bits per heavy atom. The van der Waals surface area contributed by atoms with Crippen LogP contribution in [-0.2, 0) is 0 Å². The van der Waals surface area contributed by atoms with Crippen molar-refractivity contribution in [2.75, 3.05) is 7.11 Å². The van der Waals surface area contributed by atoms with Crippen molar-refractivity contribution in [1.82, 2.24) is 9.97 Å². The minimum atomic E-state index is 0.267. The van der Waals surface area contributed by atoms with E-state index in [1.165, 1.54) is 0 Å². The molecule has 4 nitrogen and oxygen atoms in total. The second-order valence-corrected chi connectivity index (χ2v) is 4.66. The third-order valence-electron chi connectivity index (χ3n) is 2.64. The van der Waals surface area contributed by atoms with Crippen molar-refractivity contribution in [1.29, 1.82) is 0 Å². The van der Waals surface area contributed by atoms with Gasteiger partial charge in [-0.1, -0.05) is 12.1 Å². The summed E-state index contributed by atoms with van der Waals surface area (Å²) in [4.78, 5) is 8.25. The molecule has 0 amide bonds. The summed E-state index contributed by atoms with van der Waals surface area (Å²) in [5.41, 5.74) is 2.24. The van der Waals surface area contributed by atoms with Gasteiger partial charge in [0.05, 0.1) is 17.8 Å². The standard InChI is InChI=1S/C13H13BrN2O2/c1-8-5-4-6-11(9(8)2)18-13-15-7-10(14)12(16-13)17-3/h4-7H,1-3H3. The van der Waals surface area contributed by atoms with Crippen LogP contribution in [0.5, 0.6) is 17.6 Å². The zero-order chi connectivity index (χ0) is 13.1. The van der Waals surface area contributed by atoms with Gasteiger partial charge in [0.25, 0.3) is 0 Å².